The molecule has 0 radical (unpaired) electrons. The van der Waals surface area contributed by atoms with Crippen LogP contribution in [-0.2, 0) is 0 Å². The average Bonchev–Trinajstić information content (AvgIpc) is 1.91. The Labute approximate surface area is 73.7 Å². The molecule has 1 N–H and O–H groups in total. The number of halogens is 1. The van der Waals surface area contributed by atoms with Crippen LogP contribution in [0.3, 0.4) is 0 Å². The summed E-state index contributed by atoms with van der Waals surface area (Å²) in [6, 6.07) is 0. The molecule has 1 nitrogen and oxygen atoms in total. The molecule has 1 saturated heterocycles. The van der Waals surface area contributed by atoms with Crippen LogP contribution in [0.2, 0.25) is 0 Å². The lowest BCUT2D eigenvalue weighted by Gasteiger charge is -2.20. The lowest BCUT2D eigenvalue weighted by Crippen LogP contribution is -2.23. The second kappa shape index (κ2) is 6.32. The minimum absolute atomic E-state index is 0. The van der Waals surface area contributed by atoms with Crippen LogP contribution >= 0.6 is 24.2 Å². The molecule has 0 bridgehead atoms. The Balaban J connectivity index is 0.000000810. The summed E-state index contributed by atoms with van der Waals surface area (Å²) in [6.45, 7) is 1.22. The molecule has 0 aromatic rings. The molecule has 1 atom stereocenters. The van der Waals surface area contributed by atoms with Crippen molar-refractivity contribution < 1.29 is 0 Å². The highest BCUT2D eigenvalue weighted by Crippen LogP contribution is 2.21. The van der Waals surface area contributed by atoms with Gasteiger partial charge in [0.2, 0.25) is 0 Å². The van der Waals surface area contributed by atoms with E-state index in [-0.39, 0.29) is 12.4 Å². The SMILES string of the molecule is CNCC1CCCSC1.Cl. The number of rotatable bonds is 2. The van der Waals surface area contributed by atoms with Crippen molar-refractivity contribution in [2.75, 3.05) is 25.1 Å². The van der Waals surface area contributed by atoms with Gasteiger partial charge in [-0.2, -0.15) is 11.8 Å². The van der Waals surface area contributed by atoms with Crippen molar-refractivity contribution in [3.63, 3.8) is 0 Å². The maximum Gasteiger partial charge on any atom is -0.00156 e. The van der Waals surface area contributed by atoms with Gasteiger partial charge in [0, 0.05) is 0 Å². The quantitative estimate of drug-likeness (QED) is 0.697. The predicted molar refractivity (Wildman–Crippen MR) is 51.2 cm³/mol. The first-order valence-electron chi connectivity index (χ1n) is 3.66. The van der Waals surface area contributed by atoms with Gasteiger partial charge < -0.3 is 5.32 Å². The van der Waals surface area contributed by atoms with E-state index in [4.69, 9.17) is 0 Å². The maximum absolute atomic E-state index is 3.22. The number of hydrogen-bond acceptors (Lipinski definition) is 2. The molecule has 10 heavy (non-hydrogen) atoms. The van der Waals surface area contributed by atoms with Crippen LogP contribution in [0, 0.1) is 5.92 Å². The fraction of sp³-hybridized carbons (Fsp3) is 1.00. The van der Waals surface area contributed by atoms with Gasteiger partial charge in [0.25, 0.3) is 0 Å². The molecule has 0 aromatic heterocycles. The standard InChI is InChI=1S/C7H15NS.ClH/c1-8-5-7-3-2-4-9-6-7;/h7-8H,2-6H2,1H3;1H. The molecule has 1 heterocycles. The average molecular weight is 182 g/mol. The van der Waals surface area contributed by atoms with Crippen molar-refractivity contribution in [1.82, 2.24) is 5.32 Å². The van der Waals surface area contributed by atoms with Crippen molar-refractivity contribution in [3.05, 3.63) is 0 Å². The van der Waals surface area contributed by atoms with Crippen LogP contribution in [-0.4, -0.2) is 25.1 Å². The Morgan fingerprint density at radius 2 is 2.40 bits per heavy atom. The summed E-state index contributed by atoms with van der Waals surface area (Å²) >= 11 is 2.10. The first-order valence-corrected chi connectivity index (χ1v) is 4.81. The van der Waals surface area contributed by atoms with Gasteiger partial charge in [0.15, 0.2) is 0 Å². The molecule has 1 rings (SSSR count). The van der Waals surface area contributed by atoms with Gasteiger partial charge in [0.05, 0.1) is 0 Å². The van der Waals surface area contributed by atoms with Crippen molar-refractivity contribution in [3.8, 4) is 0 Å². The Morgan fingerprint density at radius 1 is 1.60 bits per heavy atom. The van der Waals surface area contributed by atoms with Gasteiger partial charge >= 0.3 is 0 Å². The highest BCUT2D eigenvalue weighted by molar-refractivity contribution is 7.99. The third-order valence-corrected chi connectivity index (χ3v) is 3.03. The van der Waals surface area contributed by atoms with Gasteiger partial charge in [-0.1, -0.05) is 0 Å². The second-order valence-corrected chi connectivity index (χ2v) is 3.79. The Kier molecular flexibility index (Phi) is 6.70. The third-order valence-electron chi connectivity index (χ3n) is 1.75. The summed E-state index contributed by atoms with van der Waals surface area (Å²) in [7, 11) is 2.04. The topological polar surface area (TPSA) is 12.0 Å². The zero-order valence-corrected chi connectivity index (χ0v) is 8.06. The van der Waals surface area contributed by atoms with Gasteiger partial charge in [-0.15, -0.1) is 12.4 Å². The lowest BCUT2D eigenvalue weighted by atomic mass is 10.1. The fourth-order valence-electron chi connectivity index (χ4n) is 1.26. The Hall–Kier alpha value is 0.600. The summed E-state index contributed by atoms with van der Waals surface area (Å²) in [5.74, 6) is 3.72. The van der Waals surface area contributed by atoms with Crippen LogP contribution in [0.4, 0.5) is 0 Å². The van der Waals surface area contributed by atoms with E-state index < -0.39 is 0 Å². The molecular weight excluding hydrogens is 166 g/mol. The first kappa shape index (κ1) is 10.6. The molecule has 0 saturated carbocycles. The van der Waals surface area contributed by atoms with E-state index in [1.165, 1.54) is 30.9 Å². The summed E-state index contributed by atoms with van der Waals surface area (Å²) in [6.07, 6.45) is 2.87. The summed E-state index contributed by atoms with van der Waals surface area (Å²) in [5.41, 5.74) is 0. The minimum atomic E-state index is 0. The molecule has 1 fully saturated rings. The van der Waals surface area contributed by atoms with E-state index in [9.17, 15) is 0 Å². The largest absolute Gasteiger partial charge is 0.319 e. The molecule has 0 amide bonds. The minimum Gasteiger partial charge on any atom is -0.319 e. The van der Waals surface area contributed by atoms with Crippen molar-refractivity contribution in [2.24, 2.45) is 5.92 Å². The molecule has 3 heteroatoms. The van der Waals surface area contributed by atoms with Crippen LogP contribution in [0.25, 0.3) is 0 Å². The monoisotopic (exact) mass is 181 g/mol. The number of nitrogens with one attached hydrogen (secondary N) is 1. The van der Waals surface area contributed by atoms with Gasteiger partial charge in [-0.05, 0) is 43.9 Å². The highest BCUT2D eigenvalue weighted by atomic mass is 35.5. The molecular formula is C7H16ClNS. The Morgan fingerprint density at radius 3 is 2.90 bits per heavy atom. The molecule has 0 aromatic carbocycles. The fourth-order valence-corrected chi connectivity index (χ4v) is 2.41. The molecule has 62 valence electrons. The smallest absolute Gasteiger partial charge is 0.00156 e. The predicted octanol–water partition coefficient (Wildman–Crippen LogP) is 1.77. The second-order valence-electron chi connectivity index (χ2n) is 2.64. The highest BCUT2D eigenvalue weighted by Gasteiger charge is 2.11. The molecule has 1 unspecified atom stereocenters. The van der Waals surface area contributed by atoms with Crippen molar-refractivity contribution in [1.29, 1.82) is 0 Å². The van der Waals surface area contributed by atoms with E-state index in [1.54, 1.807) is 0 Å². The molecule has 0 spiro atoms. The third kappa shape index (κ3) is 3.69. The summed E-state index contributed by atoms with van der Waals surface area (Å²) < 4.78 is 0. The van der Waals surface area contributed by atoms with Crippen LogP contribution in [0.15, 0.2) is 0 Å². The summed E-state index contributed by atoms with van der Waals surface area (Å²) in [4.78, 5) is 0. The van der Waals surface area contributed by atoms with E-state index in [0.717, 1.165) is 5.92 Å². The molecule has 1 aliphatic rings. The van der Waals surface area contributed by atoms with E-state index in [1.807, 2.05) is 7.05 Å². The van der Waals surface area contributed by atoms with E-state index in [2.05, 4.69) is 17.1 Å². The number of thioether (sulfide) groups is 1. The summed E-state index contributed by atoms with van der Waals surface area (Å²) in [5, 5.41) is 3.22. The van der Waals surface area contributed by atoms with Crippen LogP contribution in [0.1, 0.15) is 12.8 Å². The normalized spacial score (nSPS) is 25.5. The zero-order valence-electron chi connectivity index (χ0n) is 6.43. The van der Waals surface area contributed by atoms with E-state index in [0.29, 0.717) is 0 Å². The van der Waals surface area contributed by atoms with Gasteiger partial charge in [-0.25, -0.2) is 0 Å². The number of hydrogen-bond donors (Lipinski definition) is 1. The van der Waals surface area contributed by atoms with Crippen LogP contribution < -0.4 is 5.32 Å². The van der Waals surface area contributed by atoms with Gasteiger partial charge in [-0.3, -0.25) is 0 Å². The van der Waals surface area contributed by atoms with Crippen LogP contribution in [0.5, 0.6) is 0 Å². The van der Waals surface area contributed by atoms with Gasteiger partial charge in [0.1, 0.15) is 0 Å². The molecule has 0 aliphatic carbocycles. The Bertz CT molecular complexity index is 71.3. The lowest BCUT2D eigenvalue weighted by molar-refractivity contribution is 0.497. The zero-order chi connectivity index (χ0) is 6.53. The molecule has 1 aliphatic heterocycles. The maximum atomic E-state index is 3.22. The van der Waals surface area contributed by atoms with Crippen molar-refractivity contribution in [2.45, 2.75) is 12.8 Å². The van der Waals surface area contributed by atoms with Crippen molar-refractivity contribution >= 4 is 24.2 Å². The van der Waals surface area contributed by atoms with E-state index >= 15 is 0 Å². The first-order chi connectivity index (χ1) is 4.43.